The van der Waals surface area contributed by atoms with Crippen molar-refractivity contribution in [3.05, 3.63) is 47.5 Å². The highest BCUT2D eigenvalue weighted by molar-refractivity contribution is 7.14. The smallest absolute Gasteiger partial charge is 0.244 e. The summed E-state index contributed by atoms with van der Waals surface area (Å²) >= 11 is 1.37. The van der Waals surface area contributed by atoms with Crippen molar-refractivity contribution in [2.24, 2.45) is 11.8 Å². The molecule has 0 saturated carbocycles. The standard InChI is InChI=1S/C23H30N4O2S/c1-17-13-18(2)15-26(14-17)12-11-24-22(29)10-9-20-16-30-23(25-20)27(19(3)28)21-7-5-4-6-8-21/h4-10,16-18H,11-15H2,1-3H3,(H,24,29)/b10-9+. The molecule has 2 aromatic rings. The van der Waals surface area contributed by atoms with E-state index < -0.39 is 0 Å². The fourth-order valence-electron chi connectivity index (χ4n) is 3.99. The SMILES string of the molecule is CC(=O)N(c1ccccc1)c1nc(/C=C/C(=O)NCCN2CC(C)CC(C)C2)cs1. The minimum Gasteiger partial charge on any atom is -0.351 e. The molecular weight excluding hydrogens is 396 g/mol. The average molecular weight is 427 g/mol. The highest BCUT2D eigenvalue weighted by atomic mass is 32.1. The predicted molar refractivity (Wildman–Crippen MR) is 123 cm³/mol. The van der Waals surface area contributed by atoms with Crippen LogP contribution in [0.4, 0.5) is 10.8 Å². The van der Waals surface area contributed by atoms with Gasteiger partial charge in [-0.3, -0.25) is 14.5 Å². The summed E-state index contributed by atoms with van der Waals surface area (Å²) in [5, 5.41) is 5.37. The third-order valence-electron chi connectivity index (χ3n) is 5.11. The lowest BCUT2D eigenvalue weighted by Crippen LogP contribution is -2.42. The predicted octanol–water partition coefficient (Wildman–Crippen LogP) is 3.94. The first-order valence-corrected chi connectivity index (χ1v) is 11.3. The molecule has 2 heterocycles. The quantitative estimate of drug-likeness (QED) is 0.681. The van der Waals surface area contributed by atoms with Crippen LogP contribution in [-0.2, 0) is 9.59 Å². The lowest BCUT2D eigenvalue weighted by atomic mass is 9.92. The van der Waals surface area contributed by atoms with Gasteiger partial charge in [-0.1, -0.05) is 32.0 Å². The van der Waals surface area contributed by atoms with Crippen molar-refractivity contribution in [3.8, 4) is 0 Å². The van der Waals surface area contributed by atoms with Gasteiger partial charge in [0.25, 0.3) is 0 Å². The number of nitrogens with one attached hydrogen (secondary N) is 1. The van der Waals surface area contributed by atoms with Crippen molar-refractivity contribution >= 4 is 40.0 Å². The van der Waals surface area contributed by atoms with Crippen LogP contribution < -0.4 is 10.2 Å². The van der Waals surface area contributed by atoms with Gasteiger partial charge in [0.05, 0.1) is 11.4 Å². The summed E-state index contributed by atoms with van der Waals surface area (Å²) in [7, 11) is 0. The molecule has 2 amide bonds. The molecule has 2 atom stereocenters. The third-order valence-corrected chi connectivity index (χ3v) is 5.95. The summed E-state index contributed by atoms with van der Waals surface area (Å²) in [5.74, 6) is 1.20. The maximum atomic E-state index is 12.2. The van der Waals surface area contributed by atoms with Crippen molar-refractivity contribution in [1.29, 1.82) is 0 Å². The molecule has 1 aliphatic heterocycles. The van der Waals surface area contributed by atoms with E-state index in [1.54, 1.807) is 11.0 Å². The van der Waals surface area contributed by atoms with Gasteiger partial charge in [0, 0.05) is 44.6 Å². The Balaban J connectivity index is 1.52. The second-order valence-corrected chi connectivity index (χ2v) is 8.91. The van der Waals surface area contributed by atoms with E-state index in [4.69, 9.17) is 0 Å². The Morgan fingerprint density at radius 1 is 1.23 bits per heavy atom. The van der Waals surface area contributed by atoms with E-state index in [0.717, 1.165) is 25.3 Å². The van der Waals surface area contributed by atoms with Crippen molar-refractivity contribution in [3.63, 3.8) is 0 Å². The number of nitrogens with zero attached hydrogens (tertiary/aromatic N) is 3. The molecule has 0 radical (unpaired) electrons. The molecule has 160 valence electrons. The summed E-state index contributed by atoms with van der Waals surface area (Å²) in [5.41, 5.74) is 1.43. The first-order chi connectivity index (χ1) is 14.4. The van der Waals surface area contributed by atoms with Gasteiger partial charge >= 0.3 is 0 Å². The van der Waals surface area contributed by atoms with E-state index in [9.17, 15) is 9.59 Å². The number of hydrogen-bond donors (Lipinski definition) is 1. The molecule has 0 bridgehead atoms. The Morgan fingerprint density at radius 2 is 1.93 bits per heavy atom. The monoisotopic (exact) mass is 426 g/mol. The van der Waals surface area contributed by atoms with Gasteiger partial charge in [-0.05, 0) is 36.5 Å². The van der Waals surface area contributed by atoms with Crippen LogP contribution >= 0.6 is 11.3 Å². The van der Waals surface area contributed by atoms with Crippen LogP contribution in [0.3, 0.4) is 0 Å². The third kappa shape index (κ3) is 6.24. The largest absolute Gasteiger partial charge is 0.351 e. The fourth-order valence-corrected chi connectivity index (χ4v) is 4.85. The van der Waals surface area contributed by atoms with E-state index in [1.807, 2.05) is 35.7 Å². The Hall–Kier alpha value is -2.51. The van der Waals surface area contributed by atoms with Crippen LogP contribution in [0.25, 0.3) is 6.08 Å². The minimum absolute atomic E-state index is 0.106. The highest BCUT2D eigenvalue weighted by Gasteiger charge is 2.21. The molecule has 1 N–H and O–H groups in total. The minimum atomic E-state index is -0.130. The molecule has 0 spiro atoms. The molecule has 3 rings (SSSR count). The molecule has 1 aliphatic rings. The van der Waals surface area contributed by atoms with Crippen LogP contribution in [0.1, 0.15) is 32.9 Å². The Bertz CT molecular complexity index is 870. The summed E-state index contributed by atoms with van der Waals surface area (Å²) in [6.07, 6.45) is 4.47. The summed E-state index contributed by atoms with van der Waals surface area (Å²) in [6.45, 7) is 9.81. The van der Waals surface area contributed by atoms with Gasteiger partial charge in [-0.15, -0.1) is 11.3 Å². The van der Waals surface area contributed by atoms with Crippen LogP contribution in [0, 0.1) is 11.8 Å². The topological polar surface area (TPSA) is 65.5 Å². The molecular formula is C23H30N4O2S. The van der Waals surface area contributed by atoms with E-state index in [2.05, 4.69) is 29.0 Å². The van der Waals surface area contributed by atoms with Crippen molar-refractivity contribution in [2.45, 2.75) is 27.2 Å². The fraction of sp³-hybridized carbons (Fsp3) is 0.435. The number of aromatic nitrogens is 1. The molecule has 0 aliphatic carbocycles. The molecule has 6 nitrogen and oxygen atoms in total. The van der Waals surface area contributed by atoms with E-state index >= 15 is 0 Å². The van der Waals surface area contributed by atoms with Crippen LogP contribution in [0.2, 0.25) is 0 Å². The Kier molecular flexibility index (Phi) is 7.76. The average Bonchev–Trinajstić information content (AvgIpc) is 3.15. The number of anilines is 2. The van der Waals surface area contributed by atoms with Crippen molar-refractivity contribution in [1.82, 2.24) is 15.2 Å². The number of hydrogen-bond acceptors (Lipinski definition) is 5. The van der Waals surface area contributed by atoms with E-state index in [0.29, 0.717) is 29.2 Å². The van der Waals surface area contributed by atoms with E-state index in [1.165, 1.54) is 30.8 Å². The summed E-state index contributed by atoms with van der Waals surface area (Å²) in [6, 6.07) is 9.42. The lowest BCUT2D eigenvalue weighted by Gasteiger charge is -2.34. The molecule has 2 unspecified atom stereocenters. The molecule has 30 heavy (non-hydrogen) atoms. The number of carbonyl (C=O) groups is 2. The zero-order valence-electron chi connectivity index (χ0n) is 17.9. The number of thiazole rings is 1. The summed E-state index contributed by atoms with van der Waals surface area (Å²) in [4.78, 5) is 32.8. The number of piperidine rings is 1. The van der Waals surface area contributed by atoms with Crippen molar-refractivity contribution in [2.75, 3.05) is 31.1 Å². The van der Waals surface area contributed by atoms with Gasteiger partial charge in [-0.25, -0.2) is 4.98 Å². The van der Waals surface area contributed by atoms with Gasteiger partial charge < -0.3 is 10.2 Å². The second kappa shape index (κ2) is 10.5. The first kappa shape index (κ1) is 22.2. The Morgan fingerprint density at radius 3 is 2.60 bits per heavy atom. The maximum Gasteiger partial charge on any atom is 0.244 e. The number of likely N-dealkylation sites (tertiary alicyclic amines) is 1. The van der Waals surface area contributed by atoms with E-state index in [-0.39, 0.29) is 11.8 Å². The second-order valence-electron chi connectivity index (χ2n) is 8.07. The zero-order chi connectivity index (χ0) is 21.5. The first-order valence-electron chi connectivity index (χ1n) is 10.4. The summed E-state index contributed by atoms with van der Waals surface area (Å²) < 4.78 is 0. The molecule has 1 saturated heterocycles. The number of benzene rings is 1. The number of carbonyl (C=O) groups excluding carboxylic acids is 2. The Labute approximate surface area is 182 Å². The molecule has 7 heteroatoms. The van der Waals surface area contributed by atoms with Crippen molar-refractivity contribution < 1.29 is 9.59 Å². The van der Waals surface area contributed by atoms with Gasteiger partial charge in [0.15, 0.2) is 5.13 Å². The van der Waals surface area contributed by atoms with Gasteiger partial charge in [0.2, 0.25) is 11.8 Å². The number of amides is 2. The van der Waals surface area contributed by atoms with Gasteiger partial charge in [0.1, 0.15) is 0 Å². The van der Waals surface area contributed by atoms with Crippen LogP contribution in [0.15, 0.2) is 41.8 Å². The number of rotatable bonds is 7. The molecule has 1 aromatic carbocycles. The maximum absolute atomic E-state index is 12.2. The highest BCUT2D eigenvalue weighted by Crippen LogP contribution is 2.29. The lowest BCUT2D eigenvalue weighted by molar-refractivity contribution is -0.117. The van der Waals surface area contributed by atoms with Crippen LogP contribution in [-0.4, -0.2) is 47.9 Å². The number of para-hydroxylation sites is 1. The molecule has 1 fully saturated rings. The zero-order valence-corrected chi connectivity index (χ0v) is 18.7. The van der Waals surface area contributed by atoms with Crippen LogP contribution in [0.5, 0.6) is 0 Å². The van der Waals surface area contributed by atoms with Gasteiger partial charge in [-0.2, -0.15) is 0 Å². The normalized spacial score (nSPS) is 19.7. The molecule has 1 aromatic heterocycles.